The maximum absolute atomic E-state index is 13.2. The number of aromatic nitrogens is 1. The summed E-state index contributed by atoms with van der Waals surface area (Å²) in [4.78, 5) is 29.9. The molecule has 3 heterocycles. The first kappa shape index (κ1) is 17.8. The molecule has 2 atom stereocenters. The Morgan fingerprint density at radius 3 is 2.59 bits per heavy atom. The van der Waals surface area contributed by atoms with Gasteiger partial charge in [0.2, 0.25) is 5.91 Å². The summed E-state index contributed by atoms with van der Waals surface area (Å²) < 4.78 is 2.22. The zero-order valence-electron chi connectivity index (χ0n) is 16.1. The van der Waals surface area contributed by atoms with Crippen molar-refractivity contribution < 1.29 is 9.59 Å². The molecule has 2 amide bonds. The van der Waals surface area contributed by atoms with Crippen molar-refractivity contribution in [2.45, 2.75) is 39.3 Å². The molecule has 142 valence electrons. The minimum absolute atomic E-state index is 0.0352. The number of carbonyl (C=O) groups is 2. The summed E-state index contributed by atoms with van der Waals surface area (Å²) in [6.45, 7) is 6.95. The predicted molar refractivity (Wildman–Crippen MR) is 104 cm³/mol. The second-order valence-corrected chi connectivity index (χ2v) is 7.79. The zero-order chi connectivity index (χ0) is 19.0. The number of benzene rings is 1. The van der Waals surface area contributed by atoms with E-state index in [-0.39, 0.29) is 23.8 Å². The Bertz CT molecular complexity index is 839. The number of likely N-dealkylation sites (tertiary alicyclic amines) is 1. The highest BCUT2D eigenvalue weighted by Crippen LogP contribution is 2.29. The van der Waals surface area contributed by atoms with Gasteiger partial charge < -0.3 is 14.4 Å². The fourth-order valence-electron chi connectivity index (χ4n) is 4.36. The second kappa shape index (κ2) is 7.22. The van der Waals surface area contributed by atoms with Gasteiger partial charge in [-0.2, -0.15) is 0 Å². The number of hydrogen-bond acceptors (Lipinski definition) is 2. The van der Waals surface area contributed by atoms with E-state index in [1.807, 2.05) is 47.1 Å². The number of rotatable bonds is 2. The van der Waals surface area contributed by atoms with Crippen LogP contribution in [0.2, 0.25) is 0 Å². The normalized spacial score (nSPS) is 22.4. The molecule has 4 rings (SSSR count). The van der Waals surface area contributed by atoms with Gasteiger partial charge in [0, 0.05) is 43.6 Å². The molecule has 1 aromatic carbocycles. The molecule has 0 bridgehead atoms. The number of carbonyl (C=O) groups excluding carboxylic acids is 2. The highest BCUT2D eigenvalue weighted by molar-refractivity contribution is 5.94. The standard InChI is InChI=1S/C22H27N3O2/c1-16-7-9-18(10-8-16)21(26)24-12-3-5-19(15-24)22(27)25-14-13-23-11-4-6-20(23)17(25)2/h4,6-11,17,19H,3,5,12-15H2,1-2H3/t17-,19-/m1/s1. The molecule has 1 aromatic heterocycles. The van der Waals surface area contributed by atoms with E-state index in [0.29, 0.717) is 12.1 Å². The van der Waals surface area contributed by atoms with Gasteiger partial charge in [-0.3, -0.25) is 9.59 Å². The van der Waals surface area contributed by atoms with E-state index in [1.54, 1.807) is 0 Å². The lowest BCUT2D eigenvalue weighted by molar-refractivity contribution is -0.140. The van der Waals surface area contributed by atoms with Crippen LogP contribution in [0.15, 0.2) is 42.6 Å². The summed E-state index contributed by atoms with van der Waals surface area (Å²) in [6, 6.07) is 11.9. The van der Waals surface area contributed by atoms with Crippen LogP contribution in [0.3, 0.4) is 0 Å². The number of aryl methyl sites for hydroxylation is 1. The third kappa shape index (κ3) is 3.38. The van der Waals surface area contributed by atoms with Crippen molar-refractivity contribution in [1.29, 1.82) is 0 Å². The molecule has 5 heteroatoms. The molecule has 0 N–H and O–H groups in total. The molecule has 0 unspecified atom stereocenters. The van der Waals surface area contributed by atoms with Crippen LogP contribution in [0, 0.1) is 12.8 Å². The van der Waals surface area contributed by atoms with Crippen molar-refractivity contribution in [3.63, 3.8) is 0 Å². The van der Waals surface area contributed by atoms with Gasteiger partial charge in [-0.05, 0) is 51.0 Å². The molecule has 2 aliphatic rings. The molecule has 5 nitrogen and oxygen atoms in total. The third-order valence-electron chi connectivity index (χ3n) is 5.98. The van der Waals surface area contributed by atoms with E-state index in [4.69, 9.17) is 0 Å². The Balaban J connectivity index is 1.46. The van der Waals surface area contributed by atoms with Crippen LogP contribution in [-0.2, 0) is 11.3 Å². The quantitative estimate of drug-likeness (QED) is 0.820. The molecule has 0 radical (unpaired) electrons. The summed E-state index contributed by atoms with van der Waals surface area (Å²) >= 11 is 0. The lowest BCUT2D eigenvalue weighted by Gasteiger charge is -2.39. The summed E-state index contributed by atoms with van der Waals surface area (Å²) in [5, 5.41) is 0. The molecule has 1 saturated heterocycles. The van der Waals surface area contributed by atoms with E-state index < -0.39 is 0 Å². The number of nitrogens with zero attached hydrogens (tertiary/aromatic N) is 3. The van der Waals surface area contributed by atoms with Gasteiger partial charge in [0.05, 0.1) is 12.0 Å². The molecule has 0 spiro atoms. The van der Waals surface area contributed by atoms with Crippen molar-refractivity contribution in [3.05, 3.63) is 59.4 Å². The average molecular weight is 365 g/mol. The van der Waals surface area contributed by atoms with Crippen LogP contribution in [0.1, 0.15) is 47.4 Å². The lowest BCUT2D eigenvalue weighted by atomic mass is 9.94. The zero-order valence-corrected chi connectivity index (χ0v) is 16.1. The first-order valence-corrected chi connectivity index (χ1v) is 9.86. The Hall–Kier alpha value is -2.56. The minimum Gasteiger partial charge on any atom is -0.348 e. The van der Waals surface area contributed by atoms with Gasteiger partial charge in [-0.15, -0.1) is 0 Å². The highest BCUT2D eigenvalue weighted by Gasteiger charge is 2.35. The van der Waals surface area contributed by atoms with Gasteiger partial charge in [-0.25, -0.2) is 0 Å². The summed E-state index contributed by atoms with van der Waals surface area (Å²) in [6.07, 6.45) is 3.82. The number of hydrogen-bond donors (Lipinski definition) is 0. The molecular weight excluding hydrogens is 338 g/mol. The minimum atomic E-state index is -0.0999. The van der Waals surface area contributed by atoms with Gasteiger partial charge in [0.1, 0.15) is 0 Å². The van der Waals surface area contributed by atoms with Crippen molar-refractivity contribution in [2.24, 2.45) is 5.92 Å². The van der Waals surface area contributed by atoms with E-state index in [1.165, 1.54) is 5.69 Å². The van der Waals surface area contributed by atoms with Gasteiger partial charge in [-0.1, -0.05) is 17.7 Å². The Labute approximate surface area is 160 Å². The molecule has 2 aromatic rings. The molecule has 1 fully saturated rings. The molecule has 2 aliphatic heterocycles. The summed E-state index contributed by atoms with van der Waals surface area (Å²) in [5.74, 6) is 0.126. The molecule has 0 saturated carbocycles. The maximum Gasteiger partial charge on any atom is 0.253 e. The number of amides is 2. The average Bonchev–Trinajstić information content (AvgIpc) is 3.18. The van der Waals surface area contributed by atoms with E-state index >= 15 is 0 Å². The van der Waals surface area contributed by atoms with Crippen molar-refractivity contribution in [2.75, 3.05) is 19.6 Å². The fourth-order valence-corrected chi connectivity index (χ4v) is 4.36. The van der Waals surface area contributed by atoms with Gasteiger partial charge >= 0.3 is 0 Å². The monoisotopic (exact) mass is 365 g/mol. The second-order valence-electron chi connectivity index (χ2n) is 7.79. The van der Waals surface area contributed by atoms with Gasteiger partial charge in [0.25, 0.3) is 5.91 Å². The number of fused-ring (bicyclic) bond motifs is 1. The van der Waals surface area contributed by atoms with Crippen LogP contribution in [0.5, 0.6) is 0 Å². The maximum atomic E-state index is 13.2. The van der Waals surface area contributed by atoms with Crippen LogP contribution >= 0.6 is 0 Å². The molecule has 0 aliphatic carbocycles. The lowest BCUT2D eigenvalue weighted by Crippen LogP contribution is -2.49. The van der Waals surface area contributed by atoms with Crippen LogP contribution in [0.4, 0.5) is 0 Å². The summed E-state index contributed by atoms with van der Waals surface area (Å²) in [7, 11) is 0. The molecule has 27 heavy (non-hydrogen) atoms. The van der Waals surface area contributed by atoms with Crippen molar-refractivity contribution in [1.82, 2.24) is 14.4 Å². The Kier molecular flexibility index (Phi) is 4.77. The first-order chi connectivity index (χ1) is 13.0. The van der Waals surface area contributed by atoms with Crippen molar-refractivity contribution >= 4 is 11.8 Å². The van der Waals surface area contributed by atoms with Crippen LogP contribution < -0.4 is 0 Å². The topological polar surface area (TPSA) is 45.6 Å². The fraction of sp³-hybridized carbons (Fsp3) is 0.455. The van der Waals surface area contributed by atoms with Crippen LogP contribution in [0.25, 0.3) is 0 Å². The first-order valence-electron chi connectivity index (χ1n) is 9.86. The predicted octanol–water partition coefficient (Wildman–Crippen LogP) is 3.25. The largest absolute Gasteiger partial charge is 0.348 e. The Morgan fingerprint density at radius 1 is 1.04 bits per heavy atom. The number of piperidine rings is 1. The smallest absolute Gasteiger partial charge is 0.253 e. The SMILES string of the molecule is Cc1ccc(C(=O)N2CCC[C@@H](C(=O)N3CCn4cccc4[C@H]3C)C2)cc1. The van der Waals surface area contributed by atoms with E-state index in [0.717, 1.165) is 38.0 Å². The summed E-state index contributed by atoms with van der Waals surface area (Å²) in [5.41, 5.74) is 3.04. The third-order valence-corrected chi connectivity index (χ3v) is 5.98. The molecular formula is C22H27N3O2. The van der Waals surface area contributed by atoms with Crippen LogP contribution in [-0.4, -0.2) is 45.8 Å². The highest BCUT2D eigenvalue weighted by atomic mass is 16.2. The van der Waals surface area contributed by atoms with E-state index in [2.05, 4.69) is 23.8 Å². The Morgan fingerprint density at radius 2 is 1.81 bits per heavy atom. The van der Waals surface area contributed by atoms with Crippen molar-refractivity contribution in [3.8, 4) is 0 Å². The van der Waals surface area contributed by atoms with E-state index in [9.17, 15) is 9.59 Å². The van der Waals surface area contributed by atoms with Gasteiger partial charge in [0.15, 0.2) is 0 Å².